The van der Waals surface area contributed by atoms with Crippen LogP contribution in [0.25, 0.3) is 0 Å². The first-order valence-corrected chi connectivity index (χ1v) is 5.73. The Balaban J connectivity index is 2.63. The van der Waals surface area contributed by atoms with Crippen molar-refractivity contribution in [1.29, 1.82) is 0 Å². The molecule has 1 aromatic carbocycles. The molecule has 0 aliphatic rings. The highest BCUT2D eigenvalue weighted by Gasteiger charge is 2.15. The van der Waals surface area contributed by atoms with Gasteiger partial charge in [0.2, 0.25) is 0 Å². The fourth-order valence-electron chi connectivity index (χ4n) is 1.32. The van der Waals surface area contributed by atoms with Gasteiger partial charge in [0.05, 0.1) is 13.2 Å². The summed E-state index contributed by atoms with van der Waals surface area (Å²) in [6, 6.07) is 6.71. The molecule has 0 aliphatic heterocycles. The van der Waals surface area contributed by atoms with Gasteiger partial charge in [-0.05, 0) is 26.0 Å². The van der Waals surface area contributed by atoms with Crippen molar-refractivity contribution < 1.29 is 23.8 Å². The van der Waals surface area contributed by atoms with Crippen molar-refractivity contribution in [3.05, 3.63) is 29.8 Å². The molecule has 0 atom stereocenters. The van der Waals surface area contributed by atoms with Crippen LogP contribution in [0.1, 0.15) is 24.2 Å². The standard InChI is InChI=1S/C13H16O5/c1-3-16-11-8-6-5-7-10(11)13(15)18-9-12(14)17-4-2/h5-8H,3-4,9H2,1-2H3. The molecule has 0 bridgehead atoms. The monoisotopic (exact) mass is 252 g/mol. The summed E-state index contributed by atoms with van der Waals surface area (Å²) >= 11 is 0. The van der Waals surface area contributed by atoms with Gasteiger partial charge in [0.25, 0.3) is 0 Å². The zero-order valence-electron chi connectivity index (χ0n) is 10.5. The van der Waals surface area contributed by atoms with Crippen molar-refractivity contribution in [2.24, 2.45) is 0 Å². The summed E-state index contributed by atoms with van der Waals surface area (Å²) in [6.07, 6.45) is 0. The van der Waals surface area contributed by atoms with E-state index in [1.807, 2.05) is 6.92 Å². The van der Waals surface area contributed by atoms with Crippen LogP contribution in [0.3, 0.4) is 0 Å². The lowest BCUT2D eigenvalue weighted by Gasteiger charge is -2.09. The van der Waals surface area contributed by atoms with Crippen LogP contribution in [0.4, 0.5) is 0 Å². The fraction of sp³-hybridized carbons (Fsp3) is 0.385. The molecule has 1 aromatic rings. The Hall–Kier alpha value is -2.04. The molecule has 0 radical (unpaired) electrons. The third-order valence-electron chi connectivity index (χ3n) is 2.03. The van der Waals surface area contributed by atoms with Crippen molar-refractivity contribution in [3.8, 4) is 5.75 Å². The lowest BCUT2D eigenvalue weighted by molar-refractivity contribution is -0.146. The molecule has 0 saturated carbocycles. The normalized spacial score (nSPS) is 9.67. The van der Waals surface area contributed by atoms with E-state index in [4.69, 9.17) is 9.47 Å². The Morgan fingerprint density at radius 3 is 2.44 bits per heavy atom. The Bertz CT molecular complexity index is 414. The highest BCUT2D eigenvalue weighted by atomic mass is 16.6. The molecule has 98 valence electrons. The van der Waals surface area contributed by atoms with Crippen molar-refractivity contribution in [2.75, 3.05) is 19.8 Å². The number of benzene rings is 1. The summed E-state index contributed by atoms with van der Waals surface area (Å²) in [5, 5.41) is 0. The van der Waals surface area contributed by atoms with Crippen molar-refractivity contribution in [2.45, 2.75) is 13.8 Å². The van der Waals surface area contributed by atoms with E-state index in [1.54, 1.807) is 31.2 Å². The van der Waals surface area contributed by atoms with Crippen LogP contribution in [0.5, 0.6) is 5.75 Å². The van der Waals surface area contributed by atoms with Crippen LogP contribution >= 0.6 is 0 Å². The molecule has 5 heteroatoms. The number of hydrogen-bond donors (Lipinski definition) is 0. The van der Waals surface area contributed by atoms with Crippen LogP contribution in [-0.2, 0) is 14.3 Å². The van der Waals surface area contributed by atoms with E-state index < -0.39 is 18.5 Å². The van der Waals surface area contributed by atoms with Crippen molar-refractivity contribution in [3.63, 3.8) is 0 Å². The molecule has 0 amide bonds. The lowest BCUT2D eigenvalue weighted by atomic mass is 10.2. The maximum Gasteiger partial charge on any atom is 0.344 e. The number of para-hydroxylation sites is 1. The maximum atomic E-state index is 11.7. The van der Waals surface area contributed by atoms with Crippen LogP contribution in [-0.4, -0.2) is 31.8 Å². The van der Waals surface area contributed by atoms with E-state index in [0.29, 0.717) is 17.9 Å². The molecule has 5 nitrogen and oxygen atoms in total. The second-order valence-corrected chi connectivity index (χ2v) is 3.31. The highest BCUT2D eigenvalue weighted by Crippen LogP contribution is 2.18. The molecule has 0 fully saturated rings. The molecule has 1 rings (SSSR count). The first-order chi connectivity index (χ1) is 8.69. The number of esters is 2. The molecule has 0 unspecified atom stereocenters. The summed E-state index contributed by atoms with van der Waals surface area (Å²) in [5.74, 6) is -0.735. The minimum absolute atomic E-state index is 0.256. The van der Waals surface area contributed by atoms with Crippen molar-refractivity contribution >= 4 is 11.9 Å². The molecule has 0 saturated heterocycles. The molecular formula is C13H16O5. The van der Waals surface area contributed by atoms with E-state index in [-0.39, 0.29) is 6.61 Å². The third kappa shape index (κ3) is 4.08. The predicted octanol–water partition coefficient (Wildman–Crippen LogP) is 1.81. The van der Waals surface area contributed by atoms with Gasteiger partial charge >= 0.3 is 11.9 Å². The van der Waals surface area contributed by atoms with Gasteiger partial charge in [-0.3, -0.25) is 0 Å². The number of rotatable bonds is 6. The maximum absolute atomic E-state index is 11.7. The first-order valence-electron chi connectivity index (χ1n) is 5.73. The summed E-state index contributed by atoms with van der Waals surface area (Å²) in [6.45, 7) is 3.81. The average molecular weight is 252 g/mol. The Labute approximate surface area is 106 Å². The van der Waals surface area contributed by atoms with Gasteiger partial charge in [-0.1, -0.05) is 12.1 Å². The number of hydrogen-bond acceptors (Lipinski definition) is 5. The van der Waals surface area contributed by atoms with Crippen LogP contribution in [0, 0.1) is 0 Å². The first kappa shape index (κ1) is 14.0. The minimum Gasteiger partial charge on any atom is -0.493 e. The van der Waals surface area contributed by atoms with Gasteiger partial charge in [-0.2, -0.15) is 0 Å². The highest BCUT2D eigenvalue weighted by molar-refractivity contribution is 5.93. The summed E-state index contributed by atoms with van der Waals surface area (Å²) in [4.78, 5) is 22.8. The van der Waals surface area contributed by atoms with E-state index in [0.717, 1.165) is 0 Å². The Kier molecular flexibility index (Phi) is 5.70. The predicted molar refractivity (Wildman–Crippen MR) is 64.5 cm³/mol. The largest absolute Gasteiger partial charge is 0.493 e. The van der Waals surface area contributed by atoms with Gasteiger partial charge in [0.1, 0.15) is 11.3 Å². The fourth-order valence-corrected chi connectivity index (χ4v) is 1.32. The van der Waals surface area contributed by atoms with Crippen LogP contribution in [0.2, 0.25) is 0 Å². The second kappa shape index (κ2) is 7.32. The Morgan fingerprint density at radius 2 is 1.78 bits per heavy atom. The van der Waals surface area contributed by atoms with Gasteiger partial charge < -0.3 is 14.2 Å². The molecule has 0 spiro atoms. The topological polar surface area (TPSA) is 61.8 Å². The zero-order chi connectivity index (χ0) is 13.4. The lowest BCUT2D eigenvalue weighted by Crippen LogP contribution is -2.17. The average Bonchev–Trinajstić information content (AvgIpc) is 2.37. The van der Waals surface area contributed by atoms with Gasteiger partial charge in [0.15, 0.2) is 6.61 Å². The minimum atomic E-state index is -0.605. The second-order valence-electron chi connectivity index (χ2n) is 3.31. The van der Waals surface area contributed by atoms with Crippen LogP contribution in [0.15, 0.2) is 24.3 Å². The molecular weight excluding hydrogens is 236 g/mol. The smallest absolute Gasteiger partial charge is 0.344 e. The number of ether oxygens (including phenoxy) is 3. The quantitative estimate of drug-likeness (QED) is 0.722. The van der Waals surface area contributed by atoms with Gasteiger partial charge in [-0.25, -0.2) is 9.59 Å². The summed E-state index contributed by atoms with van der Waals surface area (Å²) < 4.78 is 14.8. The van der Waals surface area contributed by atoms with Gasteiger partial charge in [0, 0.05) is 0 Å². The molecule has 0 aromatic heterocycles. The van der Waals surface area contributed by atoms with Gasteiger partial charge in [-0.15, -0.1) is 0 Å². The van der Waals surface area contributed by atoms with E-state index in [2.05, 4.69) is 4.74 Å². The number of carbonyl (C=O) groups is 2. The summed E-state index contributed by atoms with van der Waals surface area (Å²) in [7, 11) is 0. The van der Waals surface area contributed by atoms with Crippen molar-refractivity contribution in [1.82, 2.24) is 0 Å². The summed E-state index contributed by atoms with van der Waals surface area (Å²) in [5.41, 5.74) is 0.295. The third-order valence-corrected chi connectivity index (χ3v) is 2.03. The van der Waals surface area contributed by atoms with E-state index >= 15 is 0 Å². The zero-order valence-corrected chi connectivity index (χ0v) is 10.5. The van der Waals surface area contributed by atoms with E-state index in [9.17, 15) is 9.59 Å². The molecule has 18 heavy (non-hydrogen) atoms. The van der Waals surface area contributed by atoms with Crippen LogP contribution < -0.4 is 4.74 Å². The SMILES string of the molecule is CCOC(=O)COC(=O)c1ccccc1OCC. The molecule has 0 heterocycles. The van der Waals surface area contributed by atoms with E-state index in [1.165, 1.54) is 0 Å². The molecule has 0 N–H and O–H groups in total. The molecule has 0 aliphatic carbocycles. The Morgan fingerprint density at radius 1 is 1.06 bits per heavy atom. The number of carbonyl (C=O) groups excluding carboxylic acids is 2.